The van der Waals surface area contributed by atoms with Crippen LogP contribution >= 0.6 is 10.7 Å². The molecule has 19 heteroatoms. The van der Waals surface area contributed by atoms with Gasteiger partial charge in [0.05, 0.1) is 25.1 Å². The zero-order valence-corrected chi connectivity index (χ0v) is 28.0. The van der Waals surface area contributed by atoms with Gasteiger partial charge in [-0.25, -0.2) is 9.59 Å². The van der Waals surface area contributed by atoms with Crippen LogP contribution in [-0.4, -0.2) is 122 Å². The first-order valence-corrected chi connectivity index (χ1v) is 15.7. The Morgan fingerprint density at radius 3 is 1.68 bits per heavy atom. The summed E-state index contributed by atoms with van der Waals surface area (Å²) in [5.74, 6) is -5.55. The number of hydrogen-bond donors (Lipinski definition) is 7. The smallest absolute Gasteiger partial charge is 0.353 e. The highest BCUT2D eigenvalue weighted by atomic mass is 35.7. The number of aliphatic carboxylic acids is 3. The van der Waals surface area contributed by atoms with Crippen LogP contribution < -0.4 is 10.1 Å². The van der Waals surface area contributed by atoms with Gasteiger partial charge in [-0.1, -0.05) is 19.6 Å². The van der Waals surface area contributed by atoms with E-state index in [2.05, 4.69) is 46.9 Å². The van der Waals surface area contributed by atoms with Crippen molar-refractivity contribution < 1.29 is 62.4 Å². The number of benzene rings is 1. The Morgan fingerprint density at radius 1 is 0.979 bits per heavy atom. The summed E-state index contributed by atoms with van der Waals surface area (Å²) in [5.41, 5.74) is 1.16. The highest BCUT2D eigenvalue weighted by Gasteiger charge is 2.40. The van der Waals surface area contributed by atoms with Gasteiger partial charge in [-0.05, 0) is 52.4 Å². The van der Waals surface area contributed by atoms with Crippen molar-refractivity contribution in [2.45, 2.75) is 53.6 Å². The molecule has 47 heavy (non-hydrogen) atoms. The number of nitrogens with one attached hydrogen (secondary N) is 1. The average Bonchev–Trinajstić information content (AvgIpc) is 3.13. The highest BCUT2D eigenvalue weighted by Crippen LogP contribution is 2.17. The molecule has 0 unspecified atom stereocenters. The van der Waals surface area contributed by atoms with E-state index in [1.54, 1.807) is 18.2 Å². The van der Waals surface area contributed by atoms with E-state index in [0.717, 1.165) is 18.8 Å². The van der Waals surface area contributed by atoms with Crippen LogP contribution in [0.25, 0.3) is 0 Å². The van der Waals surface area contributed by atoms with Gasteiger partial charge in [0.1, 0.15) is 11.3 Å². The van der Waals surface area contributed by atoms with Crippen LogP contribution in [0.5, 0.6) is 5.75 Å². The number of aromatic nitrogens is 2. The van der Waals surface area contributed by atoms with Crippen LogP contribution in [0, 0.1) is 20.8 Å². The zero-order chi connectivity index (χ0) is 36.3. The van der Waals surface area contributed by atoms with Gasteiger partial charge in [0.2, 0.25) is 0 Å². The van der Waals surface area contributed by atoms with Crippen molar-refractivity contribution in [2.75, 3.05) is 39.8 Å². The number of aryl methyl sites for hydroxylation is 2. The second-order valence-corrected chi connectivity index (χ2v) is 11.6. The number of nitrogens with zero attached hydrogens (tertiary/aromatic N) is 3. The molecule has 2 aromatic rings. The number of piperazine rings is 1. The third-order valence-corrected chi connectivity index (χ3v) is 5.91. The van der Waals surface area contributed by atoms with Crippen LogP contribution in [0.4, 0.5) is 0 Å². The van der Waals surface area contributed by atoms with E-state index in [1.165, 1.54) is 30.4 Å². The quantitative estimate of drug-likeness (QED) is 0.152. The fraction of sp³-hybridized carbons (Fsp3) is 0.536. The van der Waals surface area contributed by atoms with Crippen molar-refractivity contribution in [2.24, 2.45) is 7.05 Å². The van der Waals surface area contributed by atoms with Crippen LogP contribution in [0.3, 0.4) is 0 Å². The molecular weight excluding hydrogens is 668 g/mol. The van der Waals surface area contributed by atoms with E-state index < -0.39 is 51.7 Å². The maximum absolute atomic E-state index is 10.6. The van der Waals surface area contributed by atoms with Crippen molar-refractivity contribution in [3.8, 4) is 5.75 Å². The van der Waals surface area contributed by atoms with E-state index >= 15 is 0 Å². The van der Waals surface area contributed by atoms with Crippen molar-refractivity contribution in [1.29, 1.82) is 0 Å². The maximum Gasteiger partial charge on any atom is 0.353 e. The molecule has 0 aliphatic carbocycles. The van der Waals surface area contributed by atoms with Crippen molar-refractivity contribution >= 4 is 43.9 Å². The molecule has 17 nitrogen and oxygen atoms in total. The van der Waals surface area contributed by atoms with Gasteiger partial charge >= 0.3 is 33.2 Å². The molecule has 3 rings (SSSR count). The Kier molecular flexibility index (Phi) is 23.8. The largest absolute Gasteiger partial charge is 0.493 e. The van der Waals surface area contributed by atoms with Gasteiger partial charge in [0, 0.05) is 49.6 Å². The van der Waals surface area contributed by atoms with Gasteiger partial charge in [0.25, 0.3) is 0 Å². The molecule has 0 saturated carbocycles. The molecule has 270 valence electrons. The lowest BCUT2D eigenvalue weighted by Gasteiger charge is -2.21. The molecule has 1 aliphatic heterocycles. The fourth-order valence-corrected chi connectivity index (χ4v) is 3.29. The molecule has 1 aliphatic rings. The van der Waals surface area contributed by atoms with Crippen LogP contribution in [-0.2, 0) is 30.8 Å². The summed E-state index contributed by atoms with van der Waals surface area (Å²) in [6.07, 6.45) is -2.29. The van der Waals surface area contributed by atoms with Gasteiger partial charge in [-0.15, -0.1) is 0 Å². The number of carbonyl (C=O) groups is 4. The molecule has 1 aromatic heterocycles. The molecule has 0 bridgehead atoms. The summed E-state index contributed by atoms with van der Waals surface area (Å²) < 4.78 is 32.2. The lowest BCUT2D eigenvalue weighted by molar-refractivity contribution is -0.170. The Labute approximate surface area is 279 Å². The molecule has 0 radical (unpaired) electrons. The van der Waals surface area contributed by atoms with Crippen molar-refractivity contribution in [3.63, 3.8) is 0 Å². The number of para-hydroxylation sites is 1. The van der Waals surface area contributed by atoms with Gasteiger partial charge in [-0.3, -0.25) is 18.8 Å². The summed E-state index contributed by atoms with van der Waals surface area (Å²) in [6, 6.07) is 6.59. The van der Waals surface area contributed by atoms with E-state index in [-0.39, 0.29) is 13.0 Å². The number of halogens is 1. The number of ether oxygens (including phenoxy) is 1. The molecule has 7 N–H and O–H groups in total. The van der Waals surface area contributed by atoms with Crippen molar-refractivity contribution in [1.82, 2.24) is 20.0 Å². The van der Waals surface area contributed by atoms with Crippen LogP contribution in [0.1, 0.15) is 54.5 Å². The predicted octanol–water partition coefficient (Wildman–Crippen LogP) is 2.07. The Balaban J connectivity index is -0.000000529. The average molecular weight is 715 g/mol. The van der Waals surface area contributed by atoms with Crippen molar-refractivity contribution in [3.05, 3.63) is 46.8 Å². The van der Waals surface area contributed by atoms with Gasteiger partial charge < -0.3 is 40.5 Å². The normalized spacial score (nSPS) is 12.4. The number of carboxylic acids is 4. The van der Waals surface area contributed by atoms with Crippen LogP contribution in [0.15, 0.2) is 24.3 Å². The summed E-state index contributed by atoms with van der Waals surface area (Å²) in [6.45, 7) is 13.2. The lowest BCUT2D eigenvalue weighted by atomic mass is 9.96. The van der Waals surface area contributed by atoms with Gasteiger partial charge in [0.15, 0.2) is 5.60 Å². The summed E-state index contributed by atoms with van der Waals surface area (Å²) in [5, 5.41) is 50.0. The highest BCUT2D eigenvalue weighted by molar-refractivity contribution is 8.09. The molecule has 2 heterocycles. The molecule has 1 saturated heterocycles. The summed E-state index contributed by atoms with van der Waals surface area (Å²) in [4.78, 5) is 43.4. The summed E-state index contributed by atoms with van der Waals surface area (Å²) >= 11 is 0. The minimum atomic E-state index is -4.19. The number of rotatable bonds is 8. The standard InChI is InChI=1S/C9H10O3.C7H12N2.C6H8O7.C5H12N2.CH4.ClHO3S/c1-2-12-8-6-4-3-5-7(8)9(10)11;1-5-6(2)8-9(4)7(5)3;7-3(8)1-6(13,5(11)12)2-4(9)10;1-7-4-2-6-3-5-7;;1-5(2,3)4/h3-6H,2H2,1H3,(H,10,11);1-4H3;13H,1-2H2,(H,7,8)(H,9,10)(H,11,12);6H,2-5H2,1H3;1H4;(H,2,3,4). The van der Waals surface area contributed by atoms with E-state index in [9.17, 15) is 19.2 Å². The molecular formula is C28H47ClN4O13S. The van der Waals surface area contributed by atoms with E-state index in [0.29, 0.717) is 12.4 Å². The number of hydrogen-bond acceptors (Lipinski definition) is 11. The number of aromatic carboxylic acids is 1. The predicted molar refractivity (Wildman–Crippen MR) is 174 cm³/mol. The number of aliphatic hydroxyl groups is 1. The third-order valence-electron chi connectivity index (χ3n) is 5.91. The third kappa shape index (κ3) is 23.2. The SMILES string of the molecule is C.CCOc1ccccc1C(=O)O.CN1CCNCC1.Cc1nn(C)c(C)c1C.O=C(O)CC(O)(CC(=O)O)C(=O)O.O=S(=O)(O)Cl. The first-order valence-electron chi connectivity index (χ1n) is 13.4. The topological polar surface area (TPSA) is 266 Å². The first kappa shape index (κ1) is 47.6. The zero-order valence-electron chi connectivity index (χ0n) is 26.4. The van der Waals surface area contributed by atoms with E-state index in [4.69, 9.17) is 43.2 Å². The maximum atomic E-state index is 10.6. The Hall–Kier alpha value is -3.81. The van der Waals surface area contributed by atoms with E-state index in [1.807, 2.05) is 25.6 Å². The fourth-order valence-electron chi connectivity index (χ4n) is 3.29. The molecule has 0 spiro atoms. The monoisotopic (exact) mass is 714 g/mol. The first-order chi connectivity index (χ1) is 21.0. The molecule has 0 amide bonds. The molecule has 0 atom stereocenters. The minimum absolute atomic E-state index is 0. The second-order valence-electron chi connectivity index (χ2n) is 9.60. The molecule has 1 fully saturated rings. The lowest BCUT2D eigenvalue weighted by Crippen LogP contribution is -2.42. The minimum Gasteiger partial charge on any atom is -0.493 e. The Morgan fingerprint density at radius 2 is 1.43 bits per heavy atom. The number of carboxylic acid groups (broad SMARTS) is 4. The van der Waals surface area contributed by atoms with Crippen LogP contribution in [0.2, 0.25) is 0 Å². The second kappa shape index (κ2) is 23.5. The summed E-state index contributed by atoms with van der Waals surface area (Å²) in [7, 11) is 3.98. The Bertz CT molecular complexity index is 1330. The molecule has 1 aromatic carbocycles. The number of likely N-dealkylation sites (N-methyl/N-ethyl adjacent to an activating group) is 1. The van der Waals surface area contributed by atoms with Gasteiger partial charge in [-0.2, -0.15) is 13.5 Å².